The van der Waals surface area contributed by atoms with Crippen LogP contribution in [0.3, 0.4) is 0 Å². The zero-order chi connectivity index (χ0) is 63.7. The van der Waals surface area contributed by atoms with Crippen LogP contribution in [0.2, 0.25) is 0 Å². The normalized spacial score (nSPS) is 11.5. The first-order valence-corrected chi connectivity index (χ1v) is 27.6. The first kappa shape index (κ1) is 63.2. The van der Waals surface area contributed by atoms with Gasteiger partial charge < -0.3 is 101 Å². The van der Waals surface area contributed by atoms with Crippen LogP contribution in [-0.4, -0.2) is 155 Å². The van der Waals surface area contributed by atoms with Gasteiger partial charge in [-0.25, -0.2) is 15.0 Å². The molecule has 0 saturated heterocycles. The molecule has 0 bridgehead atoms. The highest BCUT2D eigenvalue weighted by molar-refractivity contribution is 6.10. The minimum absolute atomic E-state index is 0.00966. The van der Waals surface area contributed by atoms with E-state index in [1.807, 2.05) is 7.05 Å². The Balaban J connectivity index is 0.763. The molecule has 0 aliphatic rings. The number of aryl methyl sites for hydroxylation is 8. The molecule has 0 aromatic carbocycles. The lowest BCUT2D eigenvalue weighted by Gasteiger charge is -2.15. The fraction of sp³-hybridized carbons (Fsp3) is 0.321. The van der Waals surface area contributed by atoms with E-state index in [4.69, 9.17) is 11.5 Å². The number of carbonyl (C=O) groups excluding carboxylic acids is 9. The highest BCUT2D eigenvalue weighted by Gasteiger charge is 2.25. The van der Waals surface area contributed by atoms with Crippen molar-refractivity contribution in [2.45, 2.75) is 25.3 Å². The first-order valence-electron chi connectivity index (χ1n) is 27.6. The van der Waals surface area contributed by atoms with Crippen LogP contribution in [-0.2, 0) is 61.2 Å². The van der Waals surface area contributed by atoms with E-state index in [-0.39, 0.29) is 76.4 Å². The minimum atomic E-state index is -1.09. The van der Waals surface area contributed by atoms with Gasteiger partial charge in [0.05, 0.1) is 34.5 Å². The Morgan fingerprint density at radius 2 is 0.818 bits per heavy atom. The molecule has 464 valence electrons. The maximum atomic E-state index is 13.5. The van der Waals surface area contributed by atoms with E-state index in [2.05, 4.69) is 67.7 Å². The molecule has 88 heavy (non-hydrogen) atoms. The molecular weight excluding hydrogens is 1140 g/mol. The Hall–Kier alpha value is -10.9. The Bertz CT molecular complexity index is 3950. The number of nitrogens with zero attached hydrogens (tertiary/aromatic N) is 12. The number of carbonyl (C=O) groups is 9. The van der Waals surface area contributed by atoms with Gasteiger partial charge in [0.25, 0.3) is 47.3 Å². The van der Waals surface area contributed by atoms with Crippen molar-refractivity contribution >= 4 is 93.2 Å². The molecule has 0 aliphatic heterocycles. The third kappa shape index (κ3) is 15.3. The van der Waals surface area contributed by atoms with Crippen molar-refractivity contribution in [3.63, 3.8) is 0 Å². The molecule has 9 amide bonds. The summed E-state index contributed by atoms with van der Waals surface area (Å²) in [5.41, 5.74) is 14.5. The fourth-order valence-corrected chi connectivity index (χ4v) is 9.38. The molecule has 32 nitrogen and oxygen atoms in total. The molecule has 0 radical (unpaired) electrons. The summed E-state index contributed by atoms with van der Waals surface area (Å²) in [5, 5.41) is 24.6. The molecular formula is C56H71N23O9. The van der Waals surface area contributed by atoms with Gasteiger partial charge >= 0.3 is 0 Å². The molecule has 0 fully saturated rings. The van der Waals surface area contributed by atoms with E-state index in [0.717, 1.165) is 25.9 Å². The second kappa shape index (κ2) is 27.5. The fourth-order valence-electron chi connectivity index (χ4n) is 9.38. The van der Waals surface area contributed by atoms with E-state index in [1.54, 1.807) is 107 Å². The Morgan fingerprint density at radius 3 is 1.25 bits per heavy atom. The standard InChI is InChI=1S/C56H71N23O9/c1-71(17-10-13-57)18-11-14-60-49(81)38-20-33(26-73(38)3)63-50(82)40-24-36(29-75(40)5)66-56(88)47-68-44(31-79(47)9)70-52(84)41-21-32(25-76(41)6)62-48(80)37(58)12-15-61-54(86)46-67-43(30-78(46)8)69-53(85)42-22-34(27-77(42)7)64-51(83)39-23-35(28-74(39)4)65-55(87)45-59-16-19-72(45)2/h16,19-31,37H,10-15,17-18,57-58H2,1-9H3,(H,60,81)(H,61,86)(H,62,80)(H,63,82)(H,64,83)(H,65,87)(H,66,88)(H,69,85)(H,70,84)/t37-/m1/s1. The number of imidazole rings is 3. The van der Waals surface area contributed by atoms with Crippen LogP contribution in [0.25, 0.3) is 0 Å². The van der Waals surface area contributed by atoms with Crippen LogP contribution < -0.4 is 59.3 Å². The average Bonchev–Trinajstić information content (AvgIpc) is 3.69. The van der Waals surface area contributed by atoms with Crippen molar-refractivity contribution in [1.29, 1.82) is 0 Å². The molecule has 32 heteroatoms. The molecule has 0 aliphatic carbocycles. The van der Waals surface area contributed by atoms with Crippen molar-refractivity contribution in [3.05, 3.63) is 132 Å². The van der Waals surface area contributed by atoms with Crippen LogP contribution >= 0.6 is 0 Å². The molecule has 1 atom stereocenters. The zero-order valence-electron chi connectivity index (χ0n) is 50.0. The van der Waals surface area contributed by atoms with E-state index < -0.39 is 53.3 Å². The molecule has 0 spiro atoms. The summed E-state index contributed by atoms with van der Waals surface area (Å²) in [5.74, 6) is -4.56. The van der Waals surface area contributed by atoms with Gasteiger partial charge in [-0.1, -0.05) is 0 Å². The van der Waals surface area contributed by atoms with Gasteiger partial charge in [0, 0.05) is 125 Å². The average molecular weight is 1210 g/mol. The van der Waals surface area contributed by atoms with E-state index in [9.17, 15) is 43.2 Å². The minimum Gasteiger partial charge on any atom is -0.351 e. The molecule has 8 aromatic rings. The van der Waals surface area contributed by atoms with Crippen LogP contribution in [0.1, 0.15) is 104 Å². The van der Waals surface area contributed by atoms with Crippen molar-refractivity contribution in [2.24, 2.45) is 67.8 Å². The topological polar surface area (TPSA) is 395 Å². The van der Waals surface area contributed by atoms with Gasteiger partial charge in [-0.05, 0) is 76.3 Å². The maximum Gasteiger partial charge on any atom is 0.291 e. The van der Waals surface area contributed by atoms with Gasteiger partial charge in [0.15, 0.2) is 17.5 Å². The SMILES string of the molecule is CN(CCCN)CCCNC(=O)c1cc(NC(=O)c2cc(NC(=O)c3nc(NC(=O)c4cc(NC(=O)[C@H](N)CCNC(=O)c5nc(NC(=O)c6cc(NC(=O)c7cc(NC(=O)c8nccn8C)cn7C)cn6C)cn5C)cn4C)cn3C)cn2C)cn1C. The molecule has 8 rings (SSSR count). The van der Waals surface area contributed by atoms with E-state index in [1.165, 1.54) is 71.9 Å². The summed E-state index contributed by atoms with van der Waals surface area (Å²) < 4.78 is 12.0. The summed E-state index contributed by atoms with van der Waals surface area (Å²) in [6.07, 6.45) is 15.5. The van der Waals surface area contributed by atoms with Crippen molar-refractivity contribution < 1.29 is 43.2 Å². The summed E-state index contributed by atoms with van der Waals surface area (Å²) in [6, 6.07) is 6.36. The third-order valence-electron chi connectivity index (χ3n) is 14.0. The van der Waals surface area contributed by atoms with Crippen LogP contribution in [0.5, 0.6) is 0 Å². The predicted octanol–water partition coefficient (Wildman–Crippen LogP) is 1.58. The van der Waals surface area contributed by atoms with E-state index in [0.29, 0.717) is 41.5 Å². The second-order valence-electron chi connectivity index (χ2n) is 21.0. The number of rotatable bonds is 26. The quantitative estimate of drug-likeness (QED) is 0.0343. The summed E-state index contributed by atoms with van der Waals surface area (Å²) >= 11 is 0. The van der Waals surface area contributed by atoms with Crippen LogP contribution in [0.15, 0.2) is 86.1 Å². The Labute approximate surface area is 504 Å². The highest BCUT2D eigenvalue weighted by Crippen LogP contribution is 2.22. The number of aromatic nitrogens is 11. The lowest BCUT2D eigenvalue weighted by molar-refractivity contribution is -0.117. The largest absolute Gasteiger partial charge is 0.351 e. The monoisotopic (exact) mass is 1210 g/mol. The van der Waals surface area contributed by atoms with Gasteiger partial charge in [0.2, 0.25) is 17.6 Å². The molecule has 8 aromatic heterocycles. The van der Waals surface area contributed by atoms with Gasteiger partial charge in [0.1, 0.15) is 28.5 Å². The molecule has 13 N–H and O–H groups in total. The van der Waals surface area contributed by atoms with Gasteiger partial charge in [-0.2, -0.15) is 0 Å². The van der Waals surface area contributed by atoms with Crippen molar-refractivity contribution in [1.82, 2.24) is 67.0 Å². The maximum absolute atomic E-state index is 13.5. The molecule has 0 saturated carbocycles. The predicted molar refractivity (Wildman–Crippen MR) is 326 cm³/mol. The summed E-state index contributed by atoms with van der Waals surface area (Å²) in [4.78, 5) is 134. The van der Waals surface area contributed by atoms with E-state index >= 15 is 0 Å². The first-order chi connectivity index (χ1) is 41.8. The number of nitrogens with one attached hydrogen (secondary N) is 9. The smallest absolute Gasteiger partial charge is 0.291 e. The Kier molecular flexibility index (Phi) is 19.7. The molecule has 8 heterocycles. The molecule has 0 unspecified atom stereocenters. The lowest BCUT2D eigenvalue weighted by atomic mass is 10.2. The number of hydrogen-bond acceptors (Lipinski definition) is 15. The van der Waals surface area contributed by atoms with Crippen LogP contribution in [0.4, 0.5) is 40.1 Å². The Morgan fingerprint density at radius 1 is 0.443 bits per heavy atom. The number of anilines is 7. The summed E-state index contributed by atoms with van der Waals surface area (Å²) in [7, 11) is 15.0. The van der Waals surface area contributed by atoms with Crippen molar-refractivity contribution in [3.8, 4) is 0 Å². The lowest BCUT2D eigenvalue weighted by Crippen LogP contribution is -2.39. The second-order valence-corrected chi connectivity index (χ2v) is 21.0. The number of hydrogen-bond donors (Lipinski definition) is 11. The van der Waals surface area contributed by atoms with Crippen molar-refractivity contribution in [2.75, 3.05) is 77.0 Å². The summed E-state index contributed by atoms with van der Waals surface area (Å²) in [6.45, 7) is 2.76. The zero-order valence-corrected chi connectivity index (χ0v) is 50.0. The van der Waals surface area contributed by atoms with Gasteiger partial charge in [-0.15, -0.1) is 0 Å². The number of nitrogens with two attached hydrogens (primary N) is 2. The third-order valence-corrected chi connectivity index (χ3v) is 14.0. The van der Waals surface area contributed by atoms with Gasteiger partial charge in [-0.3, -0.25) is 43.2 Å². The highest BCUT2D eigenvalue weighted by atomic mass is 16.2. The number of amides is 9. The van der Waals surface area contributed by atoms with Crippen LogP contribution in [0, 0.1) is 0 Å².